The van der Waals surface area contributed by atoms with Crippen molar-refractivity contribution in [1.82, 2.24) is 0 Å². The molecule has 0 atom stereocenters. The Bertz CT molecular complexity index is 499. The predicted molar refractivity (Wildman–Crippen MR) is 93.1 cm³/mol. The number of likely N-dealkylation sites (N-methyl/N-ethyl adjacent to an activating group) is 1. The molecule has 5 heteroatoms. The number of hydrogen-bond donors (Lipinski definition) is 2. The standard InChI is InChI=1S/C17H26ClN3O/c1-3-5-6-17(22)19-14-7-8-16(15(18)13-14)21-11-9-20(4-2)10-12-21/h7-8,13H,3-6,9-12H2,1-2H3,(H,19,22)/p+1. The topological polar surface area (TPSA) is 36.8 Å². The van der Waals surface area contributed by atoms with Crippen molar-refractivity contribution in [2.75, 3.05) is 42.9 Å². The molecule has 0 aliphatic carbocycles. The van der Waals surface area contributed by atoms with Crippen molar-refractivity contribution in [3.8, 4) is 0 Å². The van der Waals surface area contributed by atoms with E-state index in [4.69, 9.17) is 11.6 Å². The monoisotopic (exact) mass is 324 g/mol. The van der Waals surface area contributed by atoms with Gasteiger partial charge in [-0.25, -0.2) is 0 Å². The summed E-state index contributed by atoms with van der Waals surface area (Å²) in [6.45, 7) is 9.87. The Morgan fingerprint density at radius 3 is 2.64 bits per heavy atom. The number of quaternary nitrogens is 1. The predicted octanol–water partition coefficient (Wildman–Crippen LogP) is 2.19. The zero-order valence-electron chi connectivity index (χ0n) is 13.6. The highest BCUT2D eigenvalue weighted by atomic mass is 35.5. The minimum atomic E-state index is 0.0610. The minimum absolute atomic E-state index is 0.0610. The van der Waals surface area contributed by atoms with E-state index in [1.54, 1.807) is 4.90 Å². The molecule has 1 aromatic carbocycles. The van der Waals surface area contributed by atoms with Gasteiger partial charge >= 0.3 is 0 Å². The molecule has 0 unspecified atom stereocenters. The minimum Gasteiger partial charge on any atom is -0.359 e. The molecule has 4 nitrogen and oxygen atoms in total. The Morgan fingerprint density at radius 1 is 1.32 bits per heavy atom. The first-order valence-corrected chi connectivity index (χ1v) is 8.69. The molecule has 22 heavy (non-hydrogen) atoms. The summed E-state index contributed by atoms with van der Waals surface area (Å²) >= 11 is 6.42. The molecule has 2 rings (SSSR count). The van der Waals surface area contributed by atoms with E-state index in [2.05, 4.69) is 24.1 Å². The third kappa shape index (κ3) is 4.62. The van der Waals surface area contributed by atoms with Crippen LogP contribution in [0.15, 0.2) is 18.2 Å². The van der Waals surface area contributed by atoms with Crippen LogP contribution in [0.5, 0.6) is 0 Å². The Labute approximate surface area is 138 Å². The molecule has 1 heterocycles. The van der Waals surface area contributed by atoms with E-state index in [0.29, 0.717) is 11.4 Å². The molecule has 0 saturated carbocycles. The summed E-state index contributed by atoms with van der Waals surface area (Å²) in [6.07, 6.45) is 2.51. The highest BCUT2D eigenvalue weighted by Gasteiger charge is 2.20. The summed E-state index contributed by atoms with van der Waals surface area (Å²) in [7, 11) is 0. The molecule has 1 saturated heterocycles. The second-order valence-corrected chi connectivity index (χ2v) is 6.32. The maximum Gasteiger partial charge on any atom is 0.224 e. The van der Waals surface area contributed by atoms with Gasteiger partial charge in [0.1, 0.15) is 0 Å². The molecule has 0 spiro atoms. The second-order valence-electron chi connectivity index (χ2n) is 5.91. The molecule has 1 aliphatic rings. The Morgan fingerprint density at radius 2 is 2.05 bits per heavy atom. The van der Waals surface area contributed by atoms with E-state index < -0.39 is 0 Å². The molecule has 2 N–H and O–H groups in total. The average molecular weight is 325 g/mol. The number of halogens is 1. The summed E-state index contributed by atoms with van der Waals surface area (Å²) in [5.41, 5.74) is 1.86. The third-order valence-corrected chi connectivity index (χ3v) is 4.60. The number of unbranched alkanes of at least 4 members (excludes halogenated alkanes) is 1. The summed E-state index contributed by atoms with van der Waals surface area (Å²) in [5.74, 6) is 0.0610. The van der Waals surface area contributed by atoms with Crippen LogP contribution in [-0.2, 0) is 4.79 Å². The van der Waals surface area contributed by atoms with Gasteiger partial charge in [0.05, 0.1) is 43.4 Å². The number of anilines is 2. The first kappa shape index (κ1) is 17.1. The lowest BCUT2D eigenvalue weighted by Gasteiger charge is -2.33. The number of nitrogens with one attached hydrogen (secondary N) is 2. The van der Waals surface area contributed by atoms with Crippen LogP contribution in [0.1, 0.15) is 33.1 Å². The summed E-state index contributed by atoms with van der Waals surface area (Å²) in [6, 6.07) is 5.83. The van der Waals surface area contributed by atoms with Gasteiger partial charge in [-0.15, -0.1) is 0 Å². The number of carbonyl (C=O) groups is 1. The van der Waals surface area contributed by atoms with Crippen molar-refractivity contribution in [3.05, 3.63) is 23.2 Å². The molecule has 0 radical (unpaired) electrons. The lowest BCUT2D eigenvalue weighted by atomic mass is 10.2. The van der Waals surface area contributed by atoms with Crippen LogP contribution in [0, 0.1) is 0 Å². The molecular weight excluding hydrogens is 298 g/mol. The number of benzene rings is 1. The van der Waals surface area contributed by atoms with Gasteiger partial charge in [0.25, 0.3) is 0 Å². The molecule has 0 bridgehead atoms. The van der Waals surface area contributed by atoms with Gasteiger partial charge in [-0.05, 0) is 31.5 Å². The fourth-order valence-electron chi connectivity index (χ4n) is 2.82. The molecular formula is C17H27ClN3O+. The molecule has 1 amide bonds. The van der Waals surface area contributed by atoms with E-state index in [0.717, 1.165) is 50.4 Å². The van der Waals surface area contributed by atoms with Crippen molar-refractivity contribution >= 4 is 28.9 Å². The maximum atomic E-state index is 11.8. The zero-order chi connectivity index (χ0) is 15.9. The Kier molecular flexibility index (Phi) is 6.52. The Balaban J connectivity index is 1.96. The van der Waals surface area contributed by atoms with Crippen molar-refractivity contribution in [2.45, 2.75) is 33.1 Å². The fourth-order valence-corrected chi connectivity index (χ4v) is 3.12. The third-order valence-electron chi connectivity index (χ3n) is 4.30. The van der Waals surface area contributed by atoms with Crippen LogP contribution in [0.2, 0.25) is 5.02 Å². The van der Waals surface area contributed by atoms with Gasteiger partial charge in [-0.1, -0.05) is 24.9 Å². The number of carbonyl (C=O) groups excluding carboxylic acids is 1. The highest BCUT2D eigenvalue weighted by molar-refractivity contribution is 6.33. The van der Waals surface area contributed by atoms with E-state index in [-0.39, 0.29) is 5.91 Å². The second kappa shape index (κ2) is 8.39. The summed E-state index contributed by atoms with van der Waals surface area (Å²) in [4.78, 5) is 15.8. The van der Waals surface area contributed by atoms with Crippen LogP contribution in [0.25, 0.3) is 0 Å². The normalized spacial score (nSPS) is 15.9. The highest BCUT2D eigenvalue weighted by Crippen LogP contribution is 2.29. The fraction of sp³-hybridized carbons (Fsp3) is 0.588. The van der Waals surface area contributed by atoms with Crippen molar-refractivity contribution in [2.24, 2.45) is 0 Å². The number of piperazine rings is 1. The number of hydrogen-bond acceptors (Lipinski definition) is 2. The quantitative estimate of drug-likeness (QED) is 0.841. The van der Waals surface area contributed by atoms with E-state index in [9.17, 15) is 4.79 Å². The average Bonchev–Trinajstić information content (AvgIpc) is 2.53. The number of rotatable bonds is 6. The van der Waals surface area contributed by atoms with Crippen molar-refractivity contribution in [1.29, 1.82) is 0 Å². The lowest BCUT2D eigenvalue weighted by Crippen LogP contribution is -3.14. The molecule has 122 valence electrons. The lowest BCUT2D eigenvalue weighted by molar-refractivity contribution is -0.898. The van der Waals surface area contributed by atoms with E-state index in [1.165, 1.54) is 6.54 Å². The zero-order valence-corrected chi connectivity index (χ0v) is 14.4. The van der Waals surface area contributed by atoms with Crippen LogP contribution >= 0.6 is 11.6 Å². The number of nitrogens with zero attached hydrogens (tertiary/aromatic N) is 1. The van der Waals surface area contributed by atoms with Gasteiger partial charge in [0.2, 0.25) is 5.91 Å². The van der Waals surface area contributed by atoms with E-state index >= 15 is 0 Å². The van der Waals surface area contributed by atoms with Gasteiger partial charge in [0.15, 0.2) is 0 Å². The Hall–Kier alpha value is -1.26. The van der Waals surface area contributed by atoms with Gasteiger partial charge in [0, 0.05) is 12.1 Å². The molecule has 1 aromatic rings. The molecule has 1 fully saturated rings. The van der Waals surface area contributed by atoms with Crippen LogP contribution in [0.4, 0.5) is 11.4 Å². The largest absolute Gasteiger partial charge is 0.359 e. The maximum absolute atomic E-state index is 11.8. The van der Waals surface area contributed by atoms with Crippen LogP contribution < -0.4 is 15.1 Å². The van der Waals surface area contributed by atoms with E-state index in [1.807, 2.05) is 18.2 Å². The van der Waals surface area contributed by atoms with Crippen LogP contribution in [0.3, 0.4) is 0 Å². The SMILES string of the molecule is CCCCC(=O)Nc1ccc(N2CC[NH+](CC)CC2)c(Cl)c1. The van der Waals surface area contributed by atoms with Gasteiger partial charge < -0.3 is 15.1 Å². The smallest absolute Gasteiger partial charge is 0.224 e. The first-order valence-electron chi connectivity index (χ1n) is 8.32. The summed E-state index contributed by atoms with van der Waals surface area (Å²) in [5, 5.41) is 3.63. The van der Waals surface area contributed by atoms with Gasteiger partial charge in [-0.2, -0.15) is 0 Å². The van der Waals surface area contributed by atoms with Crippen molar-refractivity contribution < 1.29 is 9.69 Å². The molecule has 0 aromatic heterocycles. The summed E-state index contributed by atoms with van der Waals surface area (Å²) < 4.78 is 0. The van der Waals surface area contributed by atoms with Gasteiger partial charge in [-0.3, -0.25) is 4.79 Å². The molecule has 1 aliphatic heterocycles. The first-order chi connectivity index (χ1) is 10.6. The van der Waals surface area contributed by atoms with Crippen molar-refractivity contribution in [3.63, 3.8) is 0 Å². The van der Waals surface area contributed by atoms with Crippen LogP contribution in [-0.4, -0.2) is 38.6 Å². The number of amides is 1.